The normalized spacial score (nSPS) is 12.7. The fourth-order valence-electron chi connectivity index (χ4n) is 5.39. The summed E-state index contributed by atoms with van der Waals surface area (Å²) in [4.78, 5) is 13.6. The van der Waals surface area contributed by atoms with Crippen molar-refractivity contribution in [1.82, 2.24) is 9.78 Å². The van der Waals surface area contributed by atoms with Crippen LogP contribution in [-0.4, -0.2) is 61.5 Å². The van der Waals surface area contributed by atoms with Gasteiger partial charge in [0.25, 0.3) is 0 Å². The SMILES string of the molecule is CCCN(Cc1ccc(OC)c(OC)c1OC)c1c2c(nn1C)N(c1c(C)cc(C)cc1Cl)CCC2.O=C(O)C(F)(F)F. The van der Waals surface area contributed by atoms with Gasteiger partial charge < -0.3 is 29.1 Å². The molecule has 1 aliphatic rings. The van der Waals surface area contributed by atoms with Crippen LogP contribution in [0.4, 0.5) is 30.5 Å². The molecule has 0 atom stereocenters. The smallest absolute Gasteiger partial charge is 0.490 e. The predicted octanol–water partition coefficient (Wildman–Crippen LogP) is 6.85. The van der Waals surface area contributed by atoms with Gasteiger partial charge in [-0.05, 0) is 62.4 Å². The van der Waals surface area contributed by atoms with Crippen LogP contribution in [-0.2, 0) is 24.8 Å². The molecule has 43 heavy (non-hydrogen) atoms. The predicted molar refractivity (Wildman–Crippen MR) is 161 cm³/mol. The molecular weight excluding hydrogens is 589 g/mol. The van der Waals surface area contributed by atoms with Gasteiger partial charge in [-0.2, -0.15) is 18.3 Å². The summed E-state index contributed by atoms with van der Waals surface area (Å²) < 4.78 is 50.7. The Balaban J connectivity index is 0.000000646. The van der Waals surface area contributed by atoms with Crippen LogP contribution in [0, 0.1) is 13.8 Å². The van der Waals surface area contributed by atoms with Gasteiger partial charge in [0.1, 0.15) is 5.82 Å². The third-order valence-corrected chi connectivity index (χ3v) is 7.29. The number of fused-ring (bicyclic) bond motifs is 1. The molecule has 0 radical (unpaired) electrons. The summed E-state index contributed by atoms with van der Waals surface area (Å²) in [7, 11) is 6.97. The van der Waals surface area contributed by atoms with Crippen molar-refractivity contribution in [2.24, 2.45) is 7.05 Å². The zero-order valence-corrected chi connectivity index (χ0v) is 26.2. The molecule has 0 saturated heterocycles. The first kappa shape index (κ1) is 33.7. The van der Waals surface area contributed by atoms with E-state index in [0.717, 1.165) is 65.8 Å². The number of hydrogen-bond acceptors (Lipinski definition) is 7. The minimum absolute atomic E-state index is 0.608. The fourth-order valence-corrected chi connectivity index (χ4v) is 5.81. The van der Waals surface area contributed by atoms with Gasteiger partial charge in [-0.15, -0.1) is 0 Å². The Morgan fingerprint density at radius 2 is 1.77 bits per heavy atom. The zero-order valence-electron chi connectivity index (χ0n) is 25.4. The first-order chi connectivity index (χ1) is 20.3. The number of ether oxygens (including phenoxy) is 3. The number of carboxylic acids is 1. The quantitative estimate of drug-likeness (QED) is 0.276. The number of halogens is 4. The molecule has 1 N–H and O–H groups in total. The number of rotatable bonds is 9. The maximum atomic E-state index is 10.6. The Kier molecular flexibility index (Phi) is 11.1. The Labute approximate surface area is 254 Å². The zero-order chi connectivity index (χ0) is 32.1. The molecule has 236 valence electrons. The highest BCUT2D eigenvalue weighted by Crippen LogP contribution is 2.44. The highest BCUT2D eigenvalue weighted by molar-refractivity contribution is 6.33. The van der Waals surface area contributed by atoms with E-state index in [-0.39, 0.29) is 0 Å². The third kappa shape index (κ3) is 7.41. The van der Waals surface area contributed by atoms with Crippen molar-refractivity contribution in [3.8, 4) is 17.2 Å². The van der Waals surface area contributed by atoms with Gasteiger partial charge in [-0.3, -0.25) is 4.68 Å². The van der Waals surface area contributed by atoms with E-state index in [1.807, 2.05) is 29.9 Å². The van der Waals surface area contributed by atoms with E-state index in [4.69, 9.17) is 40.8 Å². The number of aromatic nitrogens is 2. The molecule has 2 aromatic carbocycles. The third-order valence-electron chi connectivity index (χ3n) is 7.01. The molecule has 1 aromatic heterocycles. The summed E-state index contributed by atoms with van der Waals surface area (Å²) in [5.41, 5.74) is 5.67. The van der Waals surface area contributed by atoms with E-state index in [2.05, 4.69) is 36.6 Å². The van der Waals surface area contributed by atoms with E-state index < -0.39 is 12.1 Å². The molecule has 0 spiro atoms. The monoisotopic (exact) mass is 626 g/mol. The van der Waals surface area contributed by atoms with Crippen molar-refractivity contribution in [3.63, 3.8) is 0 Å². The summed E-state index contributed by atoms with van der Waals surface area (Å²) in [5.74, 6) is 1.32. The molecular formula is C30H38ClF3N4O5. The lowest BCUT2D eigenvalue weighted by Crippen LogP contribution is -2.29. The summed E-state index contributed by atoms with van der Waals surface area (Å²) in [6.45, 7) is 8.84. The van der Waals surface area contributed by atoms with Crippen molar-refractivity contribution in [1.29, 1.82) is 0 Å². The molecule has 13 heteroatoms. The van der Waals surface area contributed by atoms with Crippen molar-refractivity contribution < 1.29 is 37.3 Å². The second-order valence-corrected chi connectivity index (χ2v) is 10.5. The molecule has 4 rings (SSSR count). The summed E-state index contributed by atoms with van der Waals surface area (Å²) in [6, 6.07) is 8.21. The van der Waals surface area contributed by atoms with E-state index in [1.54, 1.807) is 21.3 Å². The lowest BCUT2D eigenvalue weighted by atomic mass is 10.0. The maximum absolute atomic E-state index is 10.6. The molecule has 0 unspecified atom stereocenters. The molecule has 9 nitrogen and oxygen atoms in total. The van der Waals surface area contributed by atoms with Crippen LogP contribution in [0.15, 0.2) is 24.3 Å². The molecule has 0 aliphatic carbocycles. The first-order valence-corrected chi connectivity index (χ1v) is 14.1. The van der Waals surface area contributed by atoms with Crippen LogP contribution in [0.2, 0.25) is 5.02 Å². The topological polar surface area (TPSA) is 89.3 Å². The maximum Gasteiger partial charge on any atom is 0.490 e. The van der Waals surface area contributed by atoms with Crippen LogP contribution in [0.3, 0.4) is 0 Å². The largest absolute Gasteiger partial charge is 0.493 e. The Hall–Kier alpha value is -3.80. The summed E-state index contributed by atoms with van der Waals surface area (Å²) in [6.07, 6.45) is -2.07. The van der Waals surface area contributed by atoms with Crippen molar-refractivity contribution in [3.05, 3.63) is 51.5 Å². The second kappa shape index (κ2) is 14.1. The molecule has 0 bridgehead atoms. The number of aryl methyl sites for hydroxylation is 3. The summed E-state index contributed by atoms with van der Waals surface area (Å²) in [5, 5.41) is 12.9. The lowest BCUT2D eigenvalue weighted by Gasteiger charge is -2.32. The average molecular weight is 627 g/mol. The highest BCUT2D eigenvalue weighted by atomic mass is 35.5. The number of nitrogens with zero attached hydrogens (tertiary/aromatic N) is 4. The first-order valence-electron chi connectivity index (χ1n) is 13.7. The number of carbonyl (C=O) groups is 1. The number of methoxy groups -OCH3 is 3. The number of benzene rings is 2. The van der Waals surface area contributed by atoms with Gasteiger partial charge in [-0.1, -0.05) is 24.6 Å². The van der Waals surface area contributed by atoms with Crippen LogP contribution in [0.25, 0.3) is 0 Å². The Morgan fingerprint density at radius 1 is 1.12 bits per heavy atom. The van der Waals surface area contributed by atoms with E-state index in [1.165, 1.54) is 11.1 Å². The van der Waals surface area contributed by atoms with Gasteiger partial charge in [0.05, 0.1) is 32.0 Å². The molecule has 0 saturated carbocycles. The average Bonchev–Trinajstić information content (AvgIpc) is 3.28. The lowest BCUT2D eigenvalue weighted by molar-refractivity contribution is -0.192. The number of carboxylic acid groups (broad SMARTS) is 1. The van der Waals surface area contributed by atoms with E-state index in [9.17, 15) is 13.2 Å². The van der Waals surface area contributed by atoms with E-state index >= 15 is 0 Å². The summed E-state index contributed by atoms with van der Waals surface area (Å²) >= 11 is 6.76. The highest BCUT2D eigenvalue weighted by Gasteiger charge is 2.38. The number of hydrogen-bond donors (Lipinski definition) is 1. The van der Waals surface area contributed by atoms with Crippen LogP contribution in [0.1, 0.15) is 42.0 Å². The molecule has 2 heterocycles. The van der Waals surface area contributed by atoms with Gasteiger partial charge in [-0.25, -0.2) is 4.79 Å². The Bertz CT molecular complexity index is 1420. The van der Waals surface area contributed by atoms with Crippen molar-refractivity contribution in [2.75, 3.05) is 44.2 Å². The van der Waals surface area contributed by atoms with Crippen molar-refractivity contribution in [2.45, 2.75) is 52.8 Å². The van der Waals surface area contributed by atoms with Crippen LogP contribution >= 0.6 is 11.6 Å². The molecule has 3 aromatic rings. The molecule has 0 fully saturated rings. The number of anilines is 3. The van der Waals surface area contributed by atoms with E-state index in [0.29, 0.717) is 23.8 Å². The minimum Gasteiger partial charge on any atom is -0.493 e. The molecule has 1 aliphatic heterocycles. The van der Waals surface area contributed by atoms with Crippen LogP contribution < -0.4 is 24.0 Å². The molecule has 0 amide bonds. The van der Waals surface area contributed by atoms with Gasteiger partial charge in [0.15, 0.2) is 17.3 Å². The van der Waals surface area contributed by atoms with Crippen LogP contribution in [0.5, 0.6) is 17.2 Å². The number of alkyl halides is 3. The Morgan fingerprint density at radius 3 is 2.30 bits per heavy atom. The van der Waals surface area contributed by atoms with Gasteiger partial charge in [0, 0.05) is 37.8 Å². The van der Waals surface area contributed by atoms with Gasteiger partial charge in [0.2, 0.25) is 5.75 Å². The fraction of sp³-hybridized carbons (Fsp3) is 0.467. The second-order valence-electron chi connectivity index (χ2n) is 10.1. The minimum atomic E-state index is -5.08. The number of aliphatic carboxylic acids is 1. The van der Waals surface area contributed by atoms with Crippen molar-refractivity contribution >= 4 is 34.9 Å². The van der Waals surface area contributed by atoms with Gasteiger partial charge >= 0.3 is 12.1 Å². The standard InChI is InChI=1S/C28H37ClN4O3.C2HF3O2/c1-8-13-32(17-20-11-12-23(34-5)26(36-7)25(20)35-6)28-21-10-9-14-33(27(21)30-31(28)4)24-19(3)15-18(2)16-22(24)29;3-2(4,5)1(6)7/h11-12,15-16H,8-10,13-14,17H2,1-7H3;(H,6,7).